The lowest BCUT2D eigenvalue weighted by atomic mass is 9.88. The van der Waals surface area contributed by atoms with E-state index in [-0.39, 0.29) is 11.2 Å². The van der Waals surface area contributed by atoms with Crippen LogP contribution in [0.4, 0.5) is 4.39 Å². The normalized spacial score (nSPS) is 11.8. The Morgan fingerprint density at radius 2 is 2.11 bits per heavy atom. The topological polar surface area (TPSA) is 12.0 Å². The summed E-state index contributed by atoms with van der Waals surface area (Å²) in [5, 5.41) is 3.41. The Kier molecular flexibility index (Phi) is 6.61. The smallest absolute Gasteiger partial charge is 0.137 e. The predicted molar refractivity (Wildman–Crippen MR) is 79.5 cm³/mol. The maximum absolute atomic E-state index is 13.1. The Bertz CT molecular complexity index is 382. The summed E-state index contributed by atoms with van der Waals surface area (Å²) >= 11 is 8.90. The highest BCUT2D eigenvalue weighted by Crippen LogP contribution is 2.22. The molecular formula is C14H20BrClFN. The Morgan fingerprint density at radius 3 is 2.72 bits per heavy atom. The van der Waals surface area contributed by atoms with Gasteiger partial charge >= 0.3 is 0 Å². The molecule has 0 saturated heterocycles. The Labute approximate surface area is 122 Å². The standard InChI is InChI=1S/C14H20BrClFN/c1-14(2,6-3-7-16)10-18-9-11-4-5-13(17)12(15)8-11/h4-5,8,18H,3,6-7,9-10H2,1-2H3. The first-order chi connectivity index (χ1) is 8.44. The van der Waals surface area contributed by atoms with E-state index in [1.165, 1.54) is 6.07 Å². The molecule has 0 aliphatic carbocycles. The summed E-state index contributed by atoms with van der Waals surface area (Å²) in [5.74, 6) is 0.495. The van der Waals surface area contributed by atoms with Crippen LogP contribution in [-0.4, -0.2) is 12.4 Å². The van der Waals surface area contributed by atoms with Gasteiger partial charge in [0.25, 0.3) is 0 Å². The van der Waals surface area contributed by atoms with E-state index in [1.807, 2.05) is 6.07 Å². The van der Waals surface area contributed by atoms with Gasteiger partial charge in [-0.05, 0) is 51.9 Å². The van der Waals surface area contributed by atoms with Gasteiger partial charge in [0.05, 0.1) is 4.47 Å². The van der Waals surface area contributed by atoms with Crippen molar-refractivity contribution in [1.82, 2.24) is 5.32 Å². The first-order valence-corrected chi connectivity index (χ1v) is 7.48. The van der Waals surface area contributed by atoms with Crippen LogP contribution in [0.5, 0.6) is 0 Å². The molecule has 1 aromatic rings. The van der Waals surface area contributed by atoms with E-state index < -0.39 is 0 Å². The number of rotatable bonds is 7. The molecule has 0 amide bonds. The fraction of sp³-hybridized carbons (Fsp3) is 0.571. The van der Waals surface area contributed by atoms with E-state index in [2.05, 4.69) is 35.1 Å². The number of halogens is 3. The molecule has 0 radical (unpaired) electrons. The average Bonchev–Trinajstić information content (AvgIpc) is 2.31. The van der Waals surface area contributed by atoms with Crippen LogP contribution >= 0.6 is 27.5 Å². The summed E-state index contributed by atoms with van der Waals surface area (Å²) in [7, 11) is 0. The van der Waals surface area contributed by atoms with Crippen LogP contribution < -0.4 is 5.32 Å². The molecule has 4 heteroatoms. The molecule has 0 spiro atoms. The number of alkyl halides is 1. The third-order valence-corrected chi connectivity index (χ3v) is 3.78. The minimum Gasteiger partial charge on any atom is -0.312 e. The van der Waals surface area contributed by atoms with E-state index in [1.54, 1.807) is 6.07 Å². The molecule has 0 unspecified atom stereocenters. The zero-order valence-corrected chi connectivity index (χ0v) is 13.2. The van der Waals surface area contributed by atoms with Gasteiger partial charge in [-0.25, -0.2) is 4.39 Å². The summed E-state index contributed by atoms with van der Waals surface area (Å²) in [5.41, 5.74) is 1.32. The van der Waals surface area contributed by atoms with Gasteiger partial charge < -0.3 is 5.32 Å². The monoisotopic (exact) mass is 335 g/mol. The lowest BCUT2D eigenvalue weighted by Crippen LogP contribution is -2.29. The fourth-order valence-corrected chi connectivity index (χ4v) is 2.39. The third kappa shape index (κ3) is 5.68. The van der Waals surface area contributed by atoms with E-state index in [4.69, 9.17) is 11.6 Å². The van der Waals surface area contributed by atoms with Crippen LogP contribution in [0.1, 0.15) is 32.3 Å². The number of nitrogens with one attached hydrogen (secondary N) is 1. The van der Waals surface area contributed by atoms with Crippen molar-refractivity contribution in [2.75, 3.05) is 12.4 Å². The van der Waals surface area contributed by atoms with Crippen molar-refractivity contribution < 1.29 is 4.39 Å². The van der Waals surface area contributed by atoms with Gasteiger partial charge in [0.1, 0.15) is 5.82 Å². The second-order valence-electron chi connectivity index (χ2n) is 5.31. The molecule has 1 N–H and O–H groups in total. The first kappa shape index (κ1) is 15.9. The van der Waals surface area contributed by atoms with E-state index in [0.29, 0.717) is 10.4 Å². The van der Waals surface area contributed by atoms with Gasteiger partial charge in [-0.2, -0.15) is 0 Å². The number of hydrogen-bond donors (Lipinski definition) is 1. The van der Waals surface area contributed by atoms with E-state index >= 15 is 0 Å². The molecular weight excluding hydrogens is 317 g/mol. The average molecular weight is 337 g/mol. The second-order valence-corrected chi connectivity index (χ2v) is 6.54. The van der Waals surface area contributed by atoms with Gasteiger partial charge in [-0.1, -0.05) is 19.9 Å². The quantitative estimate of drug-likeness (QED) is 0.710. The molecule has 102 valence electrons. The van der Waals surface area contributed by atoms with Crippen molar-refractivity contribution in [3.63, 3.8) is 0 Å². The van der Waals surface area contributed by atoms with Crippen molar-refractivity contribution >= 4 is 27.5 Å². The fourth-order valence-electron chi connectivity index (χ4n) is 1.83. The molecule has 0 aliphatic rings. The Hall–Kier alpha value is -0.120. The van der Waals surface area contributed by atoms with Crippen LogP contribution in [0.25, 0.3) is 0 Å². The zero-order valence-electron chi connectivity index (χ0n) is 10.9. The molecule has 0 fully saturated rings. The van der Waals surface area contributed by atoms with Crippen molar-refractivity contribution in [3.05, 3.63) is 34.1 Å². The molecule has 0 saturated carbocycles. The molecule has 0 atom stereocenters. The molecule has 1 nitrogen and oxygen atoms in total. The highest BCUT2D eigenvalue weighted by Gasteiger charge is 2.16. The van der Waals surface area contributed by atoms with Crippen molar-refractivity contribution in [2.24, 2.45) is 5.41 Å². The minimum atomic E-state index is -0.221. The molecule has 1 rings (SSSR count). The number of benzene rings is 1. The molecule has 0 aliphatic heterocycles. The van der Waals surface area contributed by atoms with E-state index in [9.17, 15) is 4.39 Å². The SMILES string of the molecule is CC(C)(CCCCl)CNCc1ccc(F)c(Br)c1. The first-order valence-electron chi connectivity index (χ1n) is 6.15. The highest BCUT2D eigenvalue weighted by molar-refractivity contribution is 9.10. The lowest BCUT2D eigenvalue weighted by Gasteiger charge is -2.24. The Balaban J connectivity index is 2.39. The van der Waals surface area contributed by atoms with Gasteiger partial charge in [-0.3, -0.25) is 0 Å². The van der Waals surface area contributed by atoms with Gasteiger partial charge in [-0.15, -0.1) is 11.6 Å². The second kappa shape index (κ2) is 7.46. The largest absolute Gasteiger partial charge is 0.312 e. The van der Waals surface area contributed by atoms with Crippen LogP contribution in [0.3, 0.4) is 0 Å². The van der Waals surface area contributed by atoms with Crippen LogP contribution in [0.2, 0.25) is 0 Å². The van der Waals surface area contributed by atoms with Crippen molar-refractivity contribution in [2.45, 2.75) is 33.2 Å². The predicted octanol–water partition coefficient (Wildman–Crippen LogP) is 4.72. The molecule has 0 aromatic heterocycles. The van der Waals surface area contributed by atoms with Crippen LogP contribution in [-0.2, 0) is 6.54 Å². The van der Waals surface area contributed by atoms with E-state index in [0.717, 1.165) is 31.5 Å². The summed E-state index contributed by atoms with van der Waals surface area (Å²) in [4.78, 5) is 0. The van der Waals surface area contributed by atoms with Gasteiger partial charge in [0.2, 0.25) is 0 Å². The molecule has 18 heavy (non-hydrogen) atoms. The molecule has 0 bridgehead atoms. The summed E-state index contributed by atoms with van der Waals surface area (Å²) < 4.78 is 13.6. The maximum Gasteiger partial charge on any atom is 0.137 e. The third-order valence-electron chi connectivity index (χ3n) is 2.90. The highest BCUT2D eigenvalue weighted by atomic mass is 79.9. The van der Waals surface area contributed by atoms with Gasteiger partial charge in [0, 0.05) is 19.0 Å². The summed E-state index contributed by atoms with van der Waals surface area (Å²) in [6.45, 7) is 6.14. The zero-order chi connectivity index (χ0) is 13.6. The van der Waals surface area contributed by atoms with Crippen molar-refractivity contribution in [3.8, 4) is 0 Å². The molecule has 0 heterocycles. The van der Waals surface area contributed by atoms with Crippen LogP contribution in [0, 0.1) is 11.2 Å². The number of hydrogen-bond acceptors (Lipinski definition) is 1. The summed E-state index contributed by atoms with van der Waals surface area (Å²) in [6, 6.07) is 5.10. The maximum atomic E-state index is 13.1. The van der Waals surface area contributed by atoms with Crippen molar-refractivity contribution in [1.29, 1.82) is 0 Å². The van der Waals surface area contributed by atoms with Gasteiger partial charge in [0.15, 0.2) is 0 Å². The minimum absolute atomic E-state index is 0.221. The lowest BCUT2D eigenvalue weighted by molar-refractivity contribution is 0.311. The molecule has 1 aromatic carbocycles. The Morgan fingerprint density at radius 1 is 1.39 bits per heavy atom. The summed E-state index contributed by atoms with van der Waals surface area (Å²) in [6.07, 6.45) is 2.15. The van der Waals surface area contributed by atoms with Crippen LogP contribution in [0.15, 0.2) is 22.7 Å².